The van der Waals surface area contributed by atoms with Gasteiger partial charge in [-0.15, -0.1) is 10.2 Å². The van der Waals surface area contributed by atoms with E-state index in [4.69, 9.17) is 16.1 Å². The van der Waals surface area contributed by atoms with E-state index in [0.29, 0.717) is 27.3 Å². The lowest BCUT2D eigenvalue weighted by Crippen LogP contribution is -2.04. The summed E-state index contributed by atoms with van der Waals surface area (Å²) in [5, 5.41) is 13.5. The molecule has 0 radical (unpaired) electrons. The van der Waals surface area contributed by atoms with E-state index in [2.05, 4.69) is 20.3 Å². The second-order valence-corrected chi connectivity index (χ2v) is 7.57. The van der Waals surface area contributed by atoms with Crippen LogP contribution < -0.4 is 0 Å². The van der Waals surface area contributed by atoms with Crippen LogP contribution in [0.4, 0.5) is 13.2 Å². The fourth-order valence-electron chi connectivity index (χ4n) is 2.55. The van der Waals surface area contributed by atoms with Crippen molar-refractivity contribution >= 4 is 23.4 Å². The molecular weight excluding hydrogens is 437 g/mol. The maximum Gasteiger partial charge on any atom is 0.416 e. The minimum atomic E-state index is -4.39. The normalized spacial score (nSPS) is 11.6. The van der Waals surface area contributed by atoms with Crippen LogP contribution in [0.3, 0.4) is 0 Å². The first kappa shape index (κ1) is 20.4. The average molecular weight is 449 g/mol. The Balaban J connectivity index is 1.39. The van der Waals surface area contributed by atoms with Crippen molar-refractivity contribution in [1.29, 1.82) is 0 Å². The van der Waals surface area contributed by atoms with Gasteiger partial charge in [0.2, 0.25) is 11.7 Å². The number of hydrogen-bond acceptors (Lipinski definition) is 6. The minimum Gasteiger partial charge on any atom is -0.338 e. The number of aromatic nitrogens is 4. The van der Waals surface area contributed by atoms with E-state index >= 15 is 0 Å². The van der Waals surface area contributed by atoms with Gasteiger partial charge in [0.05, 0.1) is 17.0 Å². The van der Waals surface area contributed by atoms with Crippen molar-refractivity contribution in [1.82, 2.24) is 20.3 Å². The summed E-state index contributed by atoms with van der Waals surface area (Å²) >= 11 is 7.24. The molecule has 0 saturated heterocycles. The Hall–Kier alpha value is -2.91. The van der Waals surface area contributed by atoms with Crippen LogP contribution in [0.5, 0.6) is 0 Å². The molecule has 0 spiro atoms. The predicted octanol–water partition coefficient (Wildman–Crippen LogP) is 6.16. The quantitative estimate of drug-likeness (QED) is 0.341. The summed E-state index contributed by atoms with van der Waals surface area (Å²) < 4.78 is 43.1. The molecule has 0 aliphatic heterocycles. The largest absolute Gasteiger partial charge is 0.416 e. The Morgan fingerprint density at radius 2 is 1.57 bits per heavy atom. The molecule has 0 atom stereocenters. The van der Waals surface area contributed by atoms with Gasteiger partial charge in [0.15, 0.2) is 0 Å². The molecule has 30 heavy (non-hydrogen) atoms. The van der Waals surface area contributed by atoms with Crippen LogP contribution in [-0.2, 0) is 11.9 Å². The monoisotopic (exact) mass is 448 g/mol. The summed E-state index contributed by atoms with van der Waals surface area (Å²) in [6.07, 6.45) is -4.39. The highest BCUT2D eigenvalue weighted by Crippen LogP contribution is 2.30. The van der Waals surface area contributed by atoms with Crippen LogP contribution in [-0.4, -0.2) is 20.3 Å². The third-order valence-corrected chi connectivity index (χ3v) is 5.22. The van der Waals surface area contributed by atoms with E-state index in [1.807, 2.05) is 24.3 Å². The van der Waals surface area contributed by atoms with Crippen molar-refractivity contribution in [3.05, 3.63) is 77.1 Å². The first-order chi connectivity index (χ1) is 14.4. The molecule has 152 valence electrons. The Morgan fingerprint density at radius 3 is 2.20 bits per heavy atom. The standard InChI is InChI=1S/C20H12ClF3N4OS/c21-15-7-3-12(4-8-15)16-9-10-18(27-26-16)30-11-17-25-19(28-29-17)13-1-5-14(6-2-13)20(22,23)24/h1-10H,11H2. The summed E-state index contributed by atoms with van der Waals surface area (Å²) in [5.74, 6) is 0.907. The zero-order chi connectivity index (χ0) is 21.1. The molecule has 0 N–H and O–H groups in total. The van der Waals surface area contributed by atoms with Gasteiger partial charge in [0, 0.05) is 16.1 Å². The van der Waals surface area contributed by atoms with E-state index in [0.717, 1.165) is 23.4 Å². The lowest BCUT2D eigenvalue weighted by Gasteiger charge is -2.05. The van der Waals surface area contributed by atoms with Gasteiger partial charge in [-0.25, -0.2) is 0 Å². The molecule has 0 aliphatic carbocycles. The molecule has 2 heterocycles. The van der Waals surface area contributed by atoms with Crippen molar-refractivity contribution in [2.75, 3.05) is 0 Å². The predicted molar refractivity (Wildman–Crippen MR) is 107 cm³/mol. The number of thioether (sulfide) groups is 1. The SMILES string of the molecule is FC(F)(F)c1ccc(-c2noc(CSc3ccc(-c4ccc(Cl)cc4)nn3)n2)cc1. The van der Waals surface area contributed by atoms with Crippen LogP contribution in [0.2, 0.25) is 5.02 Å². The first-order valence-electron chi connectivity index (χ1n) is 8.61. The Kier molecular flexibility index (Phi) is 5.74. The van der Waals surface area contributed by atoms with Gasteiger partial charge in [-0.05, 0) is 36.4 Å². The zero-order valence-electron chi connectivity index (χ0n) is 15.1. The topological polar surface area (TPSA) is 64.7 Å². The molecule has 5 nitrogen and oxygen atoms in total. The van der Waals surface area contributed by atoms with Gasteiger partial charge in [0.1, 0.15) is 5.03 Å². The fraction of sp³-hybridized carbons (Fsp3) is 0.100. The third kappa shape index (κ3) is 4.80. The number of benzene rings is 2. The molecule has 0 bridgehead atoms. The Morgan fingerprint density at radius 1 is 0.867 bits per heavy atom. The highest BCUT2D eigenvalue weighted by atomic mass is 35.5. The molecule has 0 amide bonds. The molecule has 0 aliphatic rings. The van der Waals surface area contributed by atoms with Crippen LogP contribution in [0.1, 0.15) is 11.5 Å². The lowest BCUT2D eigenvalue weighted by atomic mass is 10.1. The van der Waals surface area contributed by atoms with E-state index in [-0.39, 0.29) is 5.82 Å². The van der Waals surface area contributed by atoms with Crippen molar-refractivity contribution in [2.24, 2.45) is 0 Å². The van der Waals surface area contributed by atoms with Gasteiger partial charge in [-0.2, -0.15) is 18.2 Å². The summed E-state index contributed by atoms with van der Waals surface area (Å²) in [6, 6.07) is 15.6. The molecule has 0 unspecified atom stereocenters. The van der Waals surface area contributed by atoms with Gasteiger partial charge in [-0.1, -0.05) is 52.8 Å². The number of hydrogen-bond donors (Lipinski definition) is 0. The van der Waals surface area contributed by atoms with Crippen LogP contribution in [0.15, 0.2) is 70.2 Å². The second kappa shape index (κ2) is 8.45. The summed E-state index contributed by atoms with van der Waals surface area (Å²) in [4.78, 5) is 4.22. The third-order valence-electron chi connectivity index (χ3n) is 4.06. The van der Waals surface area contributed by atoms with Crippen molar-refractivity contribution in [2.45, 2.75) is 17.0 Å². The van der Waals surface area contributed by atoms with Crippen molar-refractivity contribution < 1.29 is 17.7 Å². The number of nitrogens with zero attached hydrogens (tertiary/aromatic N) is 4. The molecule has 4 rings (SSSR count). The van der Waals surface area contributed by atoms with Crippen LogP contribution >= 0.6 is 23.4 Å². The fourth-order valence-corrected chi connectivity index (χ4v) is 3.32. The van der Waals surface area contributed by atoms with Gasteiger partial charge >= 0.3 is 6.18 Å². The molecule has 0 saturated carbocycles. The number of alkyl halides is 3. The molecule has 4 aromatic rings. The minimum absolute atomic E-state index is 0.225. The smallest absolute Gasteiger partial charge is 0.338 e. The number of halogens is 4. The van der Waals surface area contributed by atoms with E-state index in [9.17, 15) is 13.2 Å². The molecular formula is C20H12ClF3N4OS. The highest BCUT2D eigenvalue weighted by molar-refractivity contribution is 7.98. The van der Waals surface area contributed by atoms with Crippen LogP contribution in [0.25, 0.3) is 22.6 Å². The number of rotatable bonds is 5. The van der Waals surface area contributed by atoms with Crippen molar-refractivity contribution in [3.63, 3.8) is 0 Å². The molecule has 2 aromatic carbocycles. The van der Waals surface area contributed by atoms with Crippen molar-refractivity contribution in [3.8, 4) is 22.6 Å². The van der Waals surface area contributed by atoms with E-state index in [1.165, 1.54) is 23.9 Å². The first-order valence-corrected chi connectivity index (χ1v) is 9.97. The highest BCUT2D eigenvalue weighted by Gasteiger charge is 2.30. The Bertz CT molecular complexity index is 1130. The molecule has 10 heteroatoms. The summed E-state index contributed by atoms with van der Waals surface area (Å²) in [7, 11) is 0. The maximum absolute atomic E-state index is 12.7. The van der Waals surface area contributed by atoms with E-state index < -0.39 is 11.7 Å². The zero-order valence-corrected chi connectivity index (χ0v) is 16.7. The molecule has 2 aromatic heterocycles. The summed E-state index contributed by atoms with van der Waals surface area (Å²) in [5.41, 5.74) is 1.33. The van der Waals surface area contributed by atoms with Gasteiger partial charge in [0.25, 0.3) is 0 Å². The van der Waals surface area contributed by atoms with Gasteiger partial charge in [-0.3, -0.25) is 0 Å². The lowest BCUT2D eigenvalue weighted by molar-refractivity contribution is -0.137. The van der Waals surface area contributed by atoms with Crippen LogP contribution in [0, 0.1) is 0 Å². The second-order valence-electron chi connectivity index (χ2n) is 6.14. The van der Waals surface area contributed by atoms with Gasteiger partial charge < -0.3 is 4.52 Å². The Labute approximate surface area is 178 Å². The maximum atomic E-state index is 12.7. The average Bonchev–Trinajstić information content (AvgIpc) is 3.22. The summed E-state index contributed by atoms with van der Waals surface area (Å²) in [6.45, 7) is 0. The van der Waals surface area contributed by atoms with E-state index in [1.54, 1.807) is 12.1 Å². The molecule has 0 fully saturated rings.